The number of amides is 1. The molecule has 0 radical (unpaired) electrons. The van der Waals surface area contributed by atoms with E-state index in [-0.39, 0.29) is 6.09 Å². The minimum absolute atomic E-state index is 0.195. The number of carbonyl (C=O) groups excluding carboxylic acids is 1. The zero-order valence-corrected chi connectivity index (χ0v) is 16.0. The van der Waals surface area contributed by atoms with Crippen molar-refractivity contribution in [2.75, 3.05) is 31.6 Å². The van der Waals surface area contributed by atoms with E-state index in [0.717, 1.165) is 42.8 Å². The quantitative estimate of drug-likeness (QED) is 0.792. The van der Waals surface area contributed by atoms with E-state index in [1.165, 1.54) is 0 Å². The van der Waals surface area contributed by atoms with Gasteiger partial charge in [0.05, 0.1) is 0 Å². The van der Waals surface area contributed by atoms with Crippen molar-refractivity contribution in [2.24, 2.45) is 5.92 Å². The highest BCUT2D eigenvalue weighted by atomic mass is 79.9. The van der Waals surface area contributed by atoms with Crippen LogP contribution in [0.15, 0.2) is 22.8 Å². The molecule has 1 aromatic rings. The zero-order chi connectivity index (χ0) is 17.0. The van der Waals surface area contributed by atoms with Gasteiger partial charge in [-0.05, 0) is 67.6 Å². The third kappa shape index (κ3) is 5.68. The number of ether oxygens (including phenoxy) is 1. The molecule has 128 valence electrons. The Labute approximate surface area is 147 Å². The molecule has 0 aliphatic carbocycles. The van der Waals surface area contributed by atoms with Gasteiger partial charge in [-0.1, -0.05) is 0 Å². The van der Waals surface area contributed by atoms with E-state index in [4.69, 9.17) is 4.74 Å². The van der Waals surface area contributed by atoms with Crippen LogP contribution < -0.4 is 4.90 Å². The van der Waals surface area contributed by atoms with Crippen molar-refractivity contribution in [2.45, 2.75) is 39.2 Å². The molecular formula is C17H26BrN3O2. The average molecular weight is 384 g/mol. The van der Waals surface area contributed by atoms with Crippen molar-refractivity contribution in [3.63, 3.8) is 0 Å². The fraction of sp³-hybridized carbons (Fsp3) is 0.647. The summed E-state index contributed by atoms with van der Waals surface area (Å²) in [5.41, 5.74) is -0.429. The molecule has 0 atom stereocenters. The number of likely N-dealkylation sites (tertiary alicyclic amines) is 1. The monoisotopic (exact) mass is 383 g/mol. The summed E-state index contributed by atoms with van der Waals surface area (Å²) in [5, 5.41) is 0. The standard InChI is InChI=1S/C17H26BrN3O2/c1-17(2,3)23-16(22)21-9-7-13(8-10-21)12-20(4)15-6-5-14(18)11-19-15/h5-6,11,13H,7-10,12H2,1-4H3. The molecule has 1 aliphatic heterocycles. The number of nitrogens with zero attached hydrogens (tertiary/aromatic N) is 3. The molecule has 23 heavy (non-hydrogen) atoms. The minimum Gasteiger partial charge on any atom is -0.444 e. The maximum atomic E-state index is 12.1. The summed E-state index contributed by atoms with van der Waals surface area (Å²) in [4.78, 5) is 20.5. The number of pyridine rings is 1. The van der Waals surface area contributed by atoms with Gasteiger partial charge >= 0.3 is 6.09 Å². The lowest BCUT2D eigenvalue weighted by molar-refractivity contribution is 0.0186. The summed E-state index contributed by atoms with van der Waals surface area (Å²) in [6, 6.07) is 4.02. The number of anilines is 1. The Balaban J connectivity index is 1.80. The summed E-state index contributed by atoms with van der Waals surface area (Å²) in [6.45, 7) is 8.19. The van der Waals surface area contributed by atoms with Crippen LogP contribution in [0.4, 0.5) is 10.6 Å². The Kier molecular flexibility index (Phi) is 5.89. The van der Waals surface area contributed by atoms with Crippen molar-refractivity contribution < 1.29 is 9.53 Å². The Hall–Kier alpha value is -1.30. The predicted molar refractivity (Wildman–Crippen MR) is 95.7 cm³/mol. The molecule has 1 amide bonds. The summed E-state index contributed by atoms with van der Waals surface area (Å²) < 4.78 is 6.42. The molecule has 1 fully saturated rings. The predicted octanol–water partition coefficient (Wildman–Crippen LogP) is 3.93. The fourth-order valence-corrected chi connectivity index (χ4v) is 2.93. The second-order valence-electron chi connectivity index (χ2n) is 7.13. The first-order valence-corrected chi connectivity index (χ1v) is 8.84. The summed E-state index contributed by atoms with van der Waals surface area (Å²) in [7, 11) is 2.07. The highest BCUT2D eigenvalue weighted by Crippen LogP contribution is 2.22. The molecule has 0 unspecified atom stereocenters. The van der Waals surface area contributed by atoms with Gasteiger partial charge in [0.2, 0.25) is 0 Å². The van der Waals surface area contributed by atoms with Crippen LogP contribution in [0.1, 0.15) is 33.6 Å². The van der Waals surface area contributed by atoms with Crippen LogP contribution in [0, 0.1) is 5.92 Å². The van der Waals surface area contributed by atoms with Crippen LogP contribution >= 0.6 is 15.9 Å². The third-order valence-corrected chi connectivity index (χ3v) is 4.37. The molecule has 2 rings (SSSR count). The second-order valence-corrected chi connectivity index (χ2v) is 8.04. The molecule has 1 aromatic heterocycles. The Morgan fingerprint density at radius 1 is 1.39 bits per heavy atom. The average Bonchev–Trinajstić information content (AvgIpc) is 2.46. The van der Waals surface area contributed by atoms with E-state index in [1.807, 2.05) is 44.0 Å². The first kappa shape index (κ1) is 18.0. The summed E-state index contributed by atoms with van der Waals surface area (Å²) >= 11 is 3.40. The summed E-state index contributed by atoms with van der Waals surface area (Å²) in [5.74, 6) is 1.55. The third-order valence-electron chi connectivity index (χ3n) is 3.90. The SMILES string of the molecule is CN(CC1CCN(C(=O)OC(C)(C)C)CC1)c1ccc(Br)cn1. The number of rotatable bonds is 3. The van der Waals surface area contributed by atoms with Gasteiger partial charge in [-0.2, -0.15) is 0 Å². The molecule has 0 aromatic carbocycles. The van der Waals surface area contributed by atoms with E-state index in [9.17, 15) is 4.79 Å². The van der Waals surface area contributed by atoms with Crippen molar-refractivity contribution in [3.8, 4) is 0 Å². The number of piperidine rings is 1. The maximum absolute atomic E-state index is 12.1. The molecule has 1 saturated heterocycles. The van der Waals surface area contributed by atoms with Crippen molar-refractivity contribution in [1.29, 1.82) is 0 Å². The Bertz CT molecular complexity index is 520. The Morgan fingerprint density at radius 3 is 2.57 bits per heavy atom. The van der Waals surface area contributed by atoms with Gasteiger partial charge < -0.3 is 14.5 Å². The molecule has 0 saturated carbocycles. The smallest absolute Gasteiger partial charge is 0.410 e. The second kappa shape index (κ2) is 7.51. The highest BCUT2D eigenvalue weighted by molar-refractivity contribution is 9.10. The van der Waals surface area contributed by atoms with Gasteiger partial charge in [0.15, 0.2) is 0 Å². The van der Waals surface area contributed by atoms with E-state index in [2.05, 4.69) is 32.9 Å². The maximum Gasteiger partial charge on any atom is 0.410 e. The van der Waals surface area contributed by atoms with Crippen LogP contribution in [0.2, 0.25) is 0 Å². The minimum atomic E-state index is -0.429. The number of carbonyl (C=O) groups is 1. The number of hydrogen-bond donors (Lipinski definition) is 0. The van der Waals surface area contributed by atoms with Crippen LogP contribution in [0.25, 0.3) is 0 Å². The largest absolute Gasteiger partial charge is 0.444 e. The zero-order valence-electron chi connectivity index (χ0n) is 14.4. The number of hydrogen-bond acceptors (Lipinski definition) is 4. The van der Waals surface area contributed by atoms with Gasteiger partial charge in [-0.15, -0.1) is 0 Å². The van der Waals surface area contributed by atoms with Crippen LogP contribution in [-0.2, 0) is 4.74 Å². The van der Waals surface area contributed by atoms with Gasteiger partial charge in [-0.3, -0.25) is 0 Å². The molecule has 6 heteroatoms. The van der Waals surface area contributed by atoms with Gasteiger partial charge in [0, 0.05) is 37.4 Å². The van der Waals surface area contributed by atoms with Gasteiger partial charge in [-0.25, -0.2) is 9.78 Å². The molecule has 0 spiro atoms. The highest BCUT2D eigenvalue weighted by Gasteiger charge is 2.27. The topological polar surface area (TPSA) is 45.7 Å². The molecule has 2 heterocycles. The van der Waals surface area contributed by atoms with Crippen LogP contribution in [-0.4, -0.2) is 48.3 Å². The fourth-order valence-electron chi connectivity index (χ4n) is 2.70. The molecule has 5 nitrogen and oxygen atoms in total. The van der Waals surface area contributed by atoms with Crippen LogP contribution in [0.3, 0.4) is 0 Å². The molecule has 1 aliphatic rings. The van der Waals surface area contributed by atoms with Gasteiger partial charge in [0.1, 0.15) is 11.4 Å². The number of aromatic nitrogens is 1. The van der Waals surface area contributed by atoms with Crippen molar-refractivity contribution in [1.82, 2.24) is 9.88 Å². The van der Waals surface area contributed by atoms with E-state index in [0.29, 0.717) is 5.92 Å². The molecule has 0 bridgehead atoms. The lowest BCUT2D eigenvalue weighted by atomic mass is 9.96. The van der Waals surface area contributed by atoms with Crippen molar-refractivity contribution >= 4 is 27.8 Å². The molecular weight excluding hydrogens is 358 g/mol. The normalized spacial score (nSPS) is 16.3. The lowest BCUT2D eigenvalue weighted by Crippen LogP contribution is -2.43. The molecule has 0 N–H and O–H groups in total. The Morgan fingerprint density at radius 2 is 2.04 bits per heavy atom. The van der Waals surface area contributed by atoms with E-state index in [1.54, 1.807) is 0 Å². The van der Waals surface area contributed by atoms with E-state index < -0.39 is 5.60 Å². The van der Waals surface area contributed by atoms with E-state index >= 15 is 0 Å². The van der Waals surface area contributed by atoms with Crippen molar-refractivity contribution in [3.05, 3.63) is 22.8 Å². The summed E-state index contributed by atoms with van der Waals surface area (Å²) in [6.07, 6.45) is 3.62. The first-order chi connectivity index (χ1) is 10.7. The first-order valence-electron chi connectivity index (χ1n) is 8.05. The number of halogens is 1. The lowest BCUT2D eigenvalue weighted by Gasteiger charge is -2.35. The van der Waals surface area contributed by atoms with Gasteiger partial charge in [0.25, 0.3) is 0 Å². The van der Waals surface area contributed by atoms with Crippen LogP contribution in [0.5, 0.6) is 0 Å².